The van der Waals surface area contributed by atoms with Crippen LogP contribution in [-0.4, -0.2) is 51.9 Å². The van der Waals surface area contributed by atoms with Gasteiger partial charge in [-0.25, -0.2) is 0 Å². The molecule has 8 heteroatoms. The number of carbonyl (C=O) groups is 1. The lowest BCUT2D eigenvalue weighted by Crippen LogP contribution is -2.34. The molecule has 1 aliphatic heterocycles. The van der Waals surface area contributed by atoms with Crippen molar-refractivity contribution in [1.29, 1.82) is 0 Å². The van der Waals surface area contributed by atoms with Gasteiger partial charge in [-0.2, -0.15) is 13.2 Å². The molecule has 0 N–H and O–H groups in total. The van der Waals surface area contributed by atoms with Crippen LogP contribution in [0.4, 0.5) is 13.2 Å². The van der Waals surface area contributed by atoms with Crippen LogP contribution in [0.5, 0.6) is 0 Å². The first-order valence-corrected chi connectivity index (χ1v) is 10.6. The standard InChI is InChI=1S/C24H25F3N4O/c1-17(32)31-11-10-30(14-18-4-2-5-21(13-18)24(25,26)27)15-19(16-31)12-20-7-9-28-22-6-3-8-29-23(20)22/h2-9,13,19H,10-12,14-16H2,1H3. The summed E-state index contributed by atoms with van der Waals surface area (Å²) in [6.45, 7) is 4.41. The maximum Gasteiger partial charge on any atom is 0.416 e. The zero-order valence-corrected chi connectivity index (χ0v) is 17.8. The van der Waals surface area contributed by atoms with Gasteiger partial charge in [0.15, 0.2) is 0 Å². The Bertz CT molecular complexity index is 1100. The molecule has 3 aromatic rings. The number of nitrogens with zero attached hydrogens (tertiary/aromatic N) is 4. The van der Waals surface area contributed by atoms with Crippen molar-refractivity contribution in [3.63, 3.8) is 0 Å². The number of carbonyl (C=O) groups excluding carboxylic acids is 1. The first-order valence-electron chi connectivity index (χ1n) is 10.6. The van der Waals surface area contributed by atoms with E-state index in [2.05, 4.69) is 14.9 Å². The van der Waals surface area contributed by atoms with Crippen molar-refractivity contribution in [3.05, 3.63) is 71.5 Å². The van der Waals surface area contributed by atoms with Crippen LogP contribution in [0.15, 0.2) is 54.9 Å². The van der Waals surface area contributed by atoms with Gasteiger partial charge in [0.1, 0.15) is 0 Å². The second kappa shape index (κ2) is 9.24. The van der Waals surface area contributed by atoms with Gasteiger partial charge in [0.05, 0.1) is 16.6 Å². The summed E-state index contributed by atoms with van der Waals surface area (Å²) in [6, 6.07) is 11.2. The number of hydrogen-bond donors (Lipinski definition) is 0. The summed E-state index contributed by atoms with van der Waals surface area (Å²) in [6.07, 6.45) is -0.154. The number of halogens is 3. The molecule has 1 saturated heterocycles. The lowest BCUT2D eigenvalue weighted by molar-refractivity contribution is -0.137. The largest absolute Gasteiger partial charge is 0.416 e. The minimum Gasteiger partial charge on any atom is -0.341 e. The van der Waals surface area contributed by atoms with Crippen molar-refractivity contribution in [2.24, 2.45) is 5.92 Å². The molecule has 0 bridgehead atoms. The maximum atomic E-state index is 13.1. The van der Waals surface area contributed by atoms with Crippen LogP contribution in [0.1, 0.15) is 23.6 Å². The zero-order chi connectivity index (χ0) is 22.7. The van der Waals surface area contributed by atoms with Gasteiger partial charge < -0.3 is 4.90 Å². The molecule has 0 spiro atoms. The van der Waals surface area contributed by atoms with Crippen molar-refractivity contribution >= 4 is 16.9 Å². The lowest BCUT2D eigenvalue weighted by atomic mass is 9.97. The Morgan fingerprint density at radius 3 is 2.69 bits per heavy atom. The van der Waals surface area contributed by atoms with Crippen LogP contribution in [0.2, 0.25) is 0 Å². The molecule has 0 radical (unpaired) electrons. The molecule has 168 valence electrons. The molecule has 1 amide bonds. The van der Waals surface area contributed by atoms with E-state index in [9.17, 15) is 18.0 Å². The molecule has 3 heterocycles. The molecule has 4 rings (SSSR count). The van der Waals surface area contributed by atoms with Gasteiger partial charge in [0.25, 0.3) is 0 Å². The third kappa shape index (κ3) is 5.24. The van der Waals surface area contributed by atoms with Crippen molar-refractivity contribution < 1.29 is 18.0 Å². The van der Waals surface area contributed by atoms with Gasteiger partial charge in [-0.3, -0.25) is 19.7 Å². The van der Waals surface area contributed by atoms with Crippen LogP contribution in [-0.2, 0) is 23.9 Å². The quantitative estimate of drug-likeness (QED) is 0.609. The third-order valence-electron chi connectivity index (χ3n) is 5.88. The predicted molar refractivity (Wildman–Crippen MR) is 116 cm³/mol. The number of alkyl halides is 3. The van der Waals surface area contributed by atoms with Gasteiger partial charge in [0, 0.05) is 52.0 Å². The zero-order valence-electron chi connectivity index (χ0n) is 17.8. The molecule has 0 saturated carbocycles. The summed E-state index contributed by atoms with van der Waals surface area (Å²) in [5.74, 6) is 0.133. The number of pyridine rings is 2. The summed E-state index contributed by atoms with van der Waals surface area (Å²) >= 11 is 0. The monoisotopic (exact) mass is 442 g/mol. The Hall–Kier alpha value is -3.00. The normalized spacial score (nSPS) is 18.0. The molecule has 0 aliphatic carbocycles. The number of aromatic nitrogens is 2. The highest BCUT2D eigenvalue weighted by molar-refractivity contribution is 5.77. The molecule has 32 heavy (non-hydrogen) atoms. The van der Waals surface area contributed by atoms with Crippen LogP contribution >= 0.6 is 0 Å². The van der Waals surface area contributed by atoms with E-state index in [1.54, 1.807) is 25.4 Å². The summed E-state index contributed by atoms with van der Waals surface area (Å²) in [5, 5.41) is 0. The Kier molecular flexibility index (Phi) is 6.41. The van der Waals surface area contributed by atoms with Gasteiger partial charge >= 0.3 is 6.18 Å². The average Bonchev–Trinajstić information content (AvgIpc) is 2.96. The van der Waals surface area contributed by atoms with Crippen molar-refractivity contribution in [3.8, 4) is 0 Å². The fraction of sp³-hybridized carbons (Fsp3) is 0.375. The third-order valence-corrected chi connectivity index (χ3v) is 5.88. The summed E-state index contributed by atoms with van der Waals surface area (Å²) in [4.78, 5) is 25.0. The highest BCUT2D eigenvalue weighted by atomic mass is 19.4. The molecule has 5 nitrogen and oxygen atoms in total. The molecular formula is C24H25F3N4O. The Labute approximate surface area is 184 Å². The van der Waals surface area contributed by atoms with Crippen molar-refractivity contribution in [1.82, 2.24) is 19.8 Å². The molecule has 1 atom stereocenters. The topological polar surface area (TPSA) is 49.3 Å². The fourth-order valence-corrected chi connectivity index (χ4v) is 4.35. The molecule has 1 aliphatic rings. The van der Waals surface area contributed by atoms with Gasteiger partial charge in [0.2, 0.25) is 5.91 Å². The average molecular weight is 442 g/mol. The number of fused-ring (bicyclic) bond motifs is 1. The molecule has 1 unspecified atom stereocenters. The van der Waals surface area contributed by atoms with E-state index in [1.807, 2.05) is 23.1 Å². The molecule has 2 aromatic heterocycles. The van der Waals surface area contributed by atoms with Gasteiger partial charge in [-0.15, -0.1) is 0 Å². The fourth-order valence-electron chi connectivity index (χ4n) is 4.35. The van der Waals surface area contributed by atoms with E-state index >= 15 is 0 Å². The lowest BCUT2D eigenvalue weighted by Gasteiger charge is -2.25. The van der Waals surface area contributed by atoms with Crippen molar-refractivity contribution in [2.75, 3.05) is 26.2 Å². The highest BCUT2D eigenvalue weighted by Gasteiger charge is 2.31. The highest BCUT2D eigenvalue weighted by Crippen LogP contribution is 2.30. The maximum absolute atomic E-state index is 13.1. The SMILES string of the molecule is CC(=O)N1CCN(Cc2cccc(C(F)(F)F)c2)CC(Cc2ccnc3cccnc23)C1. The molecule has 1 aromatic carbocycles. The summed E-state index contributed by atoms with van der Waals surface area (Å²) in [5.41, 5.74) is 2.71. The van der Waals surface area contributed by atoms with E-state index in [4.69, 9.17) is 0 Å². The van der Waals surface area contributed by atoms with Gasteiger partial charge in [-0.1, -0.05) is 18.2 Å². The summed E-state index contributed by atoms with van der Waals surface area (Å²) < 4.78 is 39.3. The Morgan fingerprint density at radius 1 is 1.06 bits per heavy atom. The second-order valence-electron chi connectivity index (χ2n) is 8.31. The number of amides is 1. The van der Waals surface area contributed by atoms with E-state index in [0.717, 1.165) is 22.7 Å². The predicted octanol–water partition coefficient (Wildman–Crippen LogP) is 4.17. The summed E-state index contributed by atoms with van der Waals surface area (Å²) in [7, 11) is 0. The van der Waals surface area contributed by atoms with E-state index in [-0.39, 0.29) is 11.8 Å². The molecule has 1 fully saturated rings. The Balaban J connectivity index is 1.56. The van der Waals surface area contributed by atoms with E-state index in [1.165, 1.54) is 12.1 Å². The number of rotatable bonds is 4. The van der Waals surface area contributed by atoms with Crippen LogP contribution in [0.25, 0.3) is 11.0 Å². The Morgan fingerprint density at radius 2 is 1.91 bits per heavy atom. The number of hydrogen-bond acceptors (Lipinski definition) is 4. The van der Waals surface area contributed by atoms with E-state index < -0.39 is 11.7 Å². The van der Waals surface area contributed by atoms with Crippen molar-refractivity contribution in [2.45, 2.75) is 26.1 Å². The van der Waals surface area contributed by atoms with Crippen LogP contribution < -0.4 is 0 Å². The van der Waals surface area contributed by atoms with Crippen LogP contribution in [0, 0.1) is 5.92 Å². The minimum atomic E-state index is -4.36. The first-order chi connectivity index (χ1) is 15.3. The first kappa shape index (κ1) is 22.2. The second-order valence-corrected chi connectivity index (χ2v) is 8.31. The van der Waals surface area contributed by atoms with Crippen LogP contribution in [0.3, 0.4) is 0 Å². The van der Waals surface area contributed by atoms with Gasteiger partial charge in [-0.05, 0) is 47.7 Å². The van der Waals surface area contributed by atoms with E-state index in [0.29, 0.717) is 44.7 Å². The number of benzene rings is 1. The smallest absolute Gasteiger partial charge is 0.341 e. The molecular weight excluding hydrogens is 417 g/mol. The minimum absolute atomic E-state index is 0.00799.